The lowest BCUT2D eigenvalue weighted by atomic mass is 10.2. The molecule has 0 saturated carbocycles. The summed E-state index contributed by atoms with van der Waals surface area (Å²) in [5.41, 5.74) is 0.600. The molecule has 0 aromatic heterocycles. The van der Waals surface area contributed by atoms with Crippen molar-refractivity contribution in [2.75, 3.05) is 10.0 Å². The third-order valence-electron chi connectivity index (χ3n) is 3.62. The van der Waals surface area contributed by atoms with Crippen molar-refractivity contribution in [1.29, 1.82) is 0 Å². The third-order valence-corrected chi connectivity index (χ3v) is 5.26. The van der Waals surface area contributed by atoms with Crippen LogP contribution < -0.4 is 10.0 Å². The fourth-order valence-electron chi connectivity index (χ4n) is 2.31. The summed E-state index contributed by atoms with van der Waals surface area (Å²) in [5.74, 6) is -1.41. The summed E-state index contributed by atoms with van der Waals surface area (Å²) in [6.45, 7) is 0. The lowest BCUT2D eigenvalue weighted by Crippen LogP contribution is -2.15. The molecule has 0 saturated heterocycles. The molecule has 0 heterocycles. The highest BCUT2D eigenvalue weighted by molar-refractivity contribution is 7.92. The second kappa shape index (κ2) is 7.77. The Balaban J connectivity index is 1.74. The fraction of sp³-hybridized carbons (Fsp3) is 0. The summed E-state index contributed by atoms with van der Waals surface area (Å²) in [6, 6.07) is 17.7. The molecular weight excluding hydrogens is 391 g/mol. The molecule has 27 heavy (non-hydrogen) atoms. The monoisotopic (exact) mass is 404 g/mol. The van der Waals surface area contributed by atoms with Gasteiger partial charge in [0.2, 0.25) is 0 Å². The first-order valence-electron chi connectivity index (χ1n) is 7.79. The zero-order chi connectivity index (χ0) is 19.4. The average Bonchev–Trinajstić information content (AvgIpc) is 2.62. The van der Waals surface area contributed by atoms with E-state index in [4.69, 9.17) is 11.6 Å². The molecule has 0 bridgehead atoms. The van der Waals surface area contributed by atoms with Gasteiger partial charge in [0.1, 0.15) is 5.82 Å². The number of anilines is 2. The molecule has 1 amide bonds. The number of rotatable bonds is 5. The van der Waals surface area contributed by atoms with Gasteiger partial charge >= 0.3 is 0 Å². The van der Waals surface area contributed by atoms with Gasteiger partial charge in [-0.25, -0.2) is 12.8 Å². The number of carbonyl (C=O) groups excluding carboxylic acids is 1. The maximum atomic E-state index is 13.8. The Kier molecular flexibility index (Phi) is 5.43. The summed E-state index contributed by atoms with van der Waals surface area (Å²) in [7, 11) is -3.76. The molecule has 5 nitrogen and oxygen atoms in total. The number of benzene rings is 3. The van der Waals surface area contributed by atoms with Gasteiger partial charge in [0.15, 0.2) is 0 Å². The van der Waals surface area contributed by atoms with E-state index in [2.05, 4.69) is 10.0 Å². The van der Waals surface area contributed by atoms with E-state index < -0.39 is 21.7 Å². The van der Waals surface area contributed by atoms with Crippen LogP contribution in [0.15, 0.2) is 77.7 Å². The largest absolute Gasteiger partial charge is 0.322 e. The van der Waals surface area contributed by atoms with E-state index >= 15 is 0 Å². The molecule has 2 N–H and O–H groups in total. The fourth-order valence-corrected chi connectivity index (χ4v) is 3.53. The van der Waals surface area contributed by atoms with Crippen molar-refractivity contribution in [1.82, 2.24) is 0 Å². The molecule has 3 aromatic rings. The standard InChI is InChI=1S/C19H14ClFN2O3S/c20-13-6-11-17(18(21)12-13)19(24)22-14-7-9-16(10-8-14)27(25,26)23-15-4-2-1-3-5-15/h1-12,23H,(H,22,24). The SMILES string of the molecule is O=C(Nc1ccc(S(=O)(=O)Nc2ccccc2)cc1)c1ccc(Cl)cc1F. The second-order valence-electron chi connectivity index (χ2n) is 5.57. The molecule has 0 aliphatic heterocycles. The minimum Gasteiger partial charge on any atom is -0.322 e. The quantitative estimate of drug-likeness (QED) is 0.655. The number of halogens is 2. The molecule has 0 fully saturated rings. The number of carbonyl (C=O) groups is 1. The van der Waals surface area contributed by atoms with Crippen LogP contribution >= 0.6 is 11.6 Å². The number of amides is 1. The Bertz CT molecular complexity index is 1070. The van der Waals surface area contributed by atoms with Crippen molar-refractivity contribution in [2.24, 2.45) is 0 Å². The van der Waals surface area contributed by atoms with E-state index in [1.54, 1.807) is 30.3 Å². The topological polar surface area (TPSA) is 75.3 Å². The zero-order valence-corrected chi connectivity index (χ0v) is 15.4. The van der Waals surface area contributed by atoms with Crippen molar-refractivity contribution in [2.45, 2.75) is 4.90 Å². The minimum absolute atomic E-state index is 0.0297. The number of sulfonamides is 1. The van der Waals surface area contributed by atoms with Crippen LogP contribution in [-0.2, 0) is 10.0 Å². The molecule has 3 rings (SSSR count). The van der Waals surface area contributed by atoms with E-state index in [9.17, 15) is 17.6 Å². The van der Waals surface area contributed by atoms with Crippen molar-refractivity contribution >= 4 is 38.9 Å². The highest BCUT2D eigenvalue weighted by Gasteiger charge is 2.15. The lowest BCUT2D eigenvalue weighted by Gasteiger charge is -2.10. The molecular formula is C19H14ClFN2O3S. The first-order chi connectivity index (χ1) is 12.8. The predicted molar refractivity (Wildman–Crippen MR) is 103 cm³/mol. The highest BCUT2D eigenvalue weighted by Crippen LogP contribution is 2.20. The van der Waals surface area contributed by atoms with Crippen LogP contribution in [0, 0.1) is 5.82 Å². The van der Waals surface area contributed by atoms with E-state index in [-0.39, 0.29) is 15.5 Å². The summed E-state index contributed by atoms with van der Waals surface area (Å²) in [5, 5.41) is 2.69. The van der Waals surface area contributed by atoms with Crippen LogP contribution in [0.3, 0.4) is 0 Å². The molecule has 0 spiro atoms. The van der Waals surface area contributed by atoms with Gasteiger partial charge in [-0.15, -0.1) is 0 Å². The van der Waals surface area contributed by atoms with E-state index in [0.717, 1.165) is 6.07 Å². The maximum absolute atomic E-state index is 13.8. The van der Waals surface area contributed by atoms with Gasteiger partial charge in [0, 0.05) is 16.4 Å². The predicted octanol–water partition coefficient (Wildman–Crippen LogP) is 4.53. The smallest absolute Gasteiger partial charge is 0.261 e. The normalized spacial score (nSPS) is 11.0. The number of hydrogen-bond acceptors (Lipinski definition) is 3. The second-order valence-corrected chi connectivity index (χ2v) is 7.69. The summed E-state index contributed by atoms with van der Waals surface area (Å²) in [4.78, 5) is 12.2. The minimum atomic E-state index is -3.76. The molecule has 0 atom stereocenters. The maximum Gasteiger partial charge on any atom is 0.261 e. The number of para-hydroxylation sites is 1. The first kappa shape index (κ1) is 18.9. The summed E-state index contributed by atoms with van der Waals surface area (Å²) in [6.07, 6.45) is 0. The Morgan fingerprint density at radius 2 is 1.56 bits per heavy atom. The van der Waals surface area contributed by atoms with Crippen LogP contribution in [0.1, 0.15) is 10.4 Å². The molecule has 0 radical (unpaired) electrons. The third kappa shape index (κ3) is 4.64. The van der Waals surface area contributed by atoms with Crippen LogP contribution in [0.5, 0.6) is 0 Å². The van der Waals surface area contributed by atoms with Crippen LogP contribution in [0.4, 0.5) is 15.8 Å². The van der Waals surface area contributed by atoms with Gasteiger partial charge < -0.3 is 5.32 Å². The van der Waals surface area contributed by atoms with Gasteiger partial charge in [0.25, 0.3) is 15.9 Å². The Labute approximate surface area is 160 Å². The van der Waals surface area contributed by atoms with Crippen molar-refractivity contribution < 1.29 is 17.6 Å². The molecule has 0 aliphatic carbocycles. The Morgan fingerprint density at radius 1 is 0.889 bits per heavy atom. The van der Waals surface area contributed by atoms with Crippen LogP contribution in [0.25, 0.3) is 0 Å². The molecule has 0 aliphatic rings. The number of nitrogens with one attached hydrogen (secondary N) is 2. The van der Waals surface area contributed by atoms with Crippen LogP contribution in [0.2, 0.25) is 5.02 Å². The van der Waals surface area contributed by atoms with Crippen molar-refractivity contribution in [3.63, 3.8) is 0 Å². The van der Waals surface area contributed by atoms with Gasteiger partial charge in [-0.2, -0.15) is 0 Å². The average molecular weight is 405 g/mol. The number of hydrogen-bond donors (Lipinski definition) is 2. The van der Waals surface area contributed by atoms with E-state index in [0.29, 0.717) is 11.4 Å². The zero-order valence-electron chi connectivity index (χ0n) is 13.8. The van der Waals surface area contributed by atoms with E-state index in [1.807, 2.05) is 0 Å². The summed E-state index contributed by atoms with van der Waals surface area (Å²) >= 11 is 5.67. The van der Waals surface area contributed by atoms with Gasteiger partial charge in [-0.1, -0.05) is 29.8 Å². The molecule has 3 aromatic carbocycles. The van der Waals surface area contributed by atoms with Crippen LogP contribution in [-0.4, -0.2) is 14.3 Å². The van der Waals surface area contributed by atoms with Crippen molar-refractivity contribution in [3.8, 4) is 0 Å². The van der Waals surface area contributed by atoms with Crippen molar-refractivity contribution in [3.05, 3.63) is 89.2 Å². The summed E-state index contributed by atoms with van der Waals surface area (Å²) < 4.78 is 41.0. The lowest BCUT2D eigenvalue weighted by molar-refractivity contribution is 0.102. The highest BCUT2D eigenvalue weighted by atomic mass is 35.5. The first-order valence-corrected chi connectivity index (χ1v) is 9.65. The molecule has 138 valence electrons. The molecule has 8 heteroatoms. The van der Waals surface area contributed by atoms with E-state index in [1.165, 1.54) is 36.4 Å². The Hall–Kier alpha value is -2.90. The Morgan fingerprint density at radius 3 is 2.19 bits per heavy atom. The van der Waals surface area contributed by atoms with Gasteiger partial charge in [-0.3, -0.25) is 9.52 Å². The van der Waals surface area contributed by atoms with Gasteiger partial charge in [0.05, 0.1) is 10.5 Å². The van der Waals surface area contributed by atoms with Gasteiger partial charge in [-0.05, 0) is 54.6 Å². The molecule has 0 unspecified atom stereocenters.